The number of fused-ring (bicyclic) bond motifs is 1. The predicted molar refractivity (Wildman–Crippen MR) is 153 cm³/mol. The maximum Gasteiger partial charge on any atom is 0.252 e. The first kappa shape index (κ1) is 30.0. The number of amides is 3. The number of hydrogen-bond acceptors (Lipinski definition) is 7. The van der Waals surface area contributed by atoms with Crippen molar-refractivity contribution in [1.29, 1.82) is 0 Å². The van der Waals surface area contributed by atoms with Crippen LogP contribution in [0.15, 0.2) is 24.3 Å². The minimum atomic E-state index is -1.16. The van der Waals surface area contributed by atoms with Crippen molar-refractivity contribution < 1.29 is 24.3 Å². The third-order valence-corrected chi connectivity index (χ3v) is 8.28. The number of benzene rings is 1. The molecule has 0 bridgehead atoms. The zero-order chi connectivity index (χ0) is 29.1. The molecule has 10 heteroatoms. The Morgan fingerprint density at radius 1 is 0.900 bits per heavy atom. The van der Waals surface area contributed by atoms with E-state index in [1.165, 1.54) is 4.90 Å². The van der Waals surface area contributed by atoms with Crippen LogP contribution in [-0.4, -0.2) is 114 Å². The summed E-state index contributed by atoms with van der Waals surface area (Å²) in [5.74, 6) is -1.00. The molecule has 40 heavy (non-hydrogen) atoms. The van der Waals surface area contributed by atoms with Crippen molar-refractivity contribution in [3.63, 3.8) is 0 Å². The Morgan fingerprint density at radius 3 is 2.12 bits per heavy atom. The summed E-state index contributed by atoms with van der Waals surface area (Å²) in [6.45, 7) is 11.9. The molecule has 3 aliphatic rings. The molecule has 0 spiro atoms. The Labute approximate surface area is 237 Å². The zero-order valence-corrected chi connectivity index (χ0v) is 24.5. The van der Waals surface area contributed by atoms with Gasteiger partial charge in [-0.3, -0.25) is 19.2 Å². The number of Topliss-reactive ketones (excluding diaryl/α,β-unsaturated/α-hetero) is 1. The number of carbonyl (C=O) groups excluding carboxylic acids is 4. The van der Waals surface area contributed by atoms with Gasteiger partial charge in [0.15, 0.2) is 5.78 Å². The molecule has 0 aliphatic carbocycles. The maximum absolute atomic E-state index is 13.8. The molecule has 3 fully saturated rings. The lowest BCUT2D eigenvalue weighted by molar-refractivity contribution is -0.142. The molecule has 10 nitrogen and oxygen atoms in total. The number of rotatable bonds is 9. The van der Waals surface area contributed by atoms with Crippen LogP contribution in [0.5, 0.6) is 0 Å². The highest BCUT2D eigenvalue weighted by atomic mass is 16.3. The van der Waals surface area contributed by atoms with E-state index in [0.29, 0.717) is 31.4 Å². The van der Waals surface area contributed by atoms with Crippen molar-refractivity contribution in [3.05, 3.63) is 29.8 Å². The van der Waals surface area contributed by atoms with Gasteiger partial charge in [-0.15, -0.1) is 0 Å². The topological polar surface area (TPSA) is 114 Å². The minimum Gasteiger partial charge on any atom is -0.383 e. The first-order valence-corrected chi connectivity index (χ1v) is 14.6. The van der Waals surface area contributed by atoms with E-state index in [0.717, 1.165) is 31.9 Å². The Hall–Kier alpha value is -2.98. The molecule has 3 heterocycles. The fourth-order valence-corrected chi connectivity index (χ4v) is 6.12. The zero-order valence-electron chi connectivity index (χ0n) is 24.5. The molecular formula is C30H45N5O5. The second-order valence-corrected chi connectivity index (χ2v) is 12.4. The van der Waals surface area contributed by atoms with Gasteiger partial charge in [-0.2, -0.15) is 0 Å². The molecular weight excluding hydrogens is 510 g/mol. The number of piperazine rings is 1. The van der Waals surface area contributed by atoms with E-state index < -0.39 is 30.1 Å². The van der Waals surface area contributed by atoms with Crippen molar-refractivity contribution in [2.45, 2.75) is 71.2 Å². The molecule has 2 N–H and O–H groups in total. The predicted octanol–water partition coefficient (Wildman–Crippen LogP) is 1.37. The molecule has 220 valence electrons. The van der Waals surface area contributed by atoms with E-state index in [1.807, 2.05) is 39.8 Å². The highest BCUT2D eigenvalue weighted by Crippen LogP contribution is 2.31. The Kier molecular flexibility index (Phi) is 9.51. The van der Waals surface area contributed by atoms with Crippen molar-refractivity contribution >= 4 is 29.2 Å². The van der Waals surface area contributed by atoms with Crippen LogP contribution < -0.4 is 10.2 Å². The molecule has 1 aromatic carbocycles. The molecule has 0 radical (unpaired) electrons. The van der Waals surface area contributed by atoms with Crippen molar-refractivity contribution in [3.8, 4) is 0 Å². The molecule has 3 aliphatic heterocycles. The first-order chi connectivity index (χ1) is 19.0. The number of nitrogens with zero attached hydrogens (tertiary/aromatic N) is 4. The summed E-state index contributed by atoms with van der Waals surface area (Å²) >= 11 is 0. The van der Waals surface area contributed by atoms with E-state index in [-0.39, 0.29) is 36.0 Å². The molecule has 4 atom stereocenters. The lowest BCUT2D eigenvalue weighted by Gasteiger charge is -2.34. The molecule has 3 amide bonds. The Balaban J connectivity index is 1.43. The van der Waals surface area contributed by atoms with E-state index in [1.54, 1.807) is 17.0 Å². The summed E-state index contributed by atoms with van der Waals surface area (Å²) in [7, 11) is 2.11. The molecule has 0 aromatic heterocycles. The summed E-state index contributed by atoms with van der Waals surface area (Å²) in [5.41, 5.74) is 1.55. The number of aliphatic hydroxyl groups excluding tert-OH is 1. The first-order valence-electron chi connectivity index (χ1n) is 14.6. The van der Waals surface area contributed by atoms with E-state index >= 15 is 0 Å². The Bertz CT molecular complexity index is 1080. The second-order valence-electron chi connectivity index (χ2n) is 12.4. The fraction of sp³-hybridized carbons (Fsp3) is 0.667. The van der Waals surface area contributed by atoms with Crippen LogP contribution >= 0.6 is 0 Å². The number of ketones is 1. The number of likely N-dealkylation sites (N-methyl/N-ethyl adjacent to an activating group) is 1. The van der Waals surface area contributed by atoms with Crippen molar-refractivity contribution in [1.82, 2.24) is 20.0 Å². The Morgan fingerprint density at radius 2 is 1.52 bits per heavy atom. The van der Waals surface area contributed by atoms with Crippen LogP contribution in [0, 0.1) is 11.8 Å². The van der Waals surface area contributed by atoms with E-state index in [2.05, 4.69) is 22.2 Å². The quantitative estimate of drug-likeness (QED) is 0.473. The van der Waals surface area contributed by atoms with Gasteiger partial charge in [0.05, 0.1) is 12.6 Å². The minimum absolute atomic E-state index is 0.103. The summed E-state index contributed by atoms with van der Waals surface area (Å²) < 4.78 is 0. The smallest absolute Gasteiger partial charge is 0.252 e. The number of nitrogens with one attached hydrogen (secondary N) is 1. The van der Waals surface area contributed by atoms with Gasteiger partial charge in [-0.25, -0.2) is 0 Å². The summed E-state index contributed by atoms with van der Waals surface area (Å²) in [4.78, 5) is 60.5. The van der Waals surface area contributed by atoms with Crippen molar-refractivity contribution in [2.24, 2.45) is 11.8 Å². The number of anilines is 1. The third kappa shape index (κ3) is 6.66. The van der Waals surface area contributed by atoms with Gasteiger partial charge < -0.3 is 30.0 Å². The van der Waals surface area contributed by atoms with Gasteiger partial charge in [0.1, 0.15) is 18.2 Å². The number of aliphatic hydroxyl groups is 1. The van der Waals surface area contributed by atoms with Gasteiger partial charge in [0.2, 0.25) is 5.91 Å². The number of carbonyl (C=O) groups is 4. The highest BCUT2D eigenvalue weighted by Gasteiger charge is 2.52. The van der Waals surface area contributed by atoms with Crippen LogP contribution in [0.4, 0.5) is 5.69 Å². The molecule has 3 saturated heterocycles. The summed E-state index contributed by atoms with van der Waals surface area (Å²) in [5, 5.41) is 13.3. The van der Waals surface area contributed by atoms with Gasteiger partial charge in [-0.1, -0.05) is 27.7 Å². The molecule has 0 saturated carbocycles. The maximum atomic E-state index is 13.8. The number of hydrogen-bond donors (Lipinski definition) is 2. The van der Waals surface area contributed by atoms with Gasteiger partial charge in [-0.05, 0) is 62.4 Å². The van der Waals surface area contributed by atoms with Gasteiger partial charge in [0.25, 0.3) is 11.8 Å². The lowest BCUT2D eigenvalue weighted by Crippen LogP contribution is -2.53. The molecule has 4 rings (SSSR count). The van der Waals surface area contributed by atoms with Gasteiger partial charge >= 0.3 is 0 Å². The SMILES string of the molecule is CC(C)CC(O)C(=O)N1CC(=O)C2C1CCN2C(=O)C(CC(C)C)NC(=O)c1ccc(N2CCN(C)CC2)cc1. The fourth-order valence-electron chi connectivity index (χ4n) is 6.12. The average molecular weight is 556 g/mol. The average Bonchev–Trinajstić information content (AvgIpc) is 3.48. The van der Waals surface area contributed by atoms with E-state index in [4.69, 9.17) is 0 Å². The van der Waals surface area contributed by atoms with Crippen molar-refractivity contribution in [2.75, 3.05) is 51.2 Å². The van der Waals surface area contributed by atoms with Gasteiger partial charge in [0, 0.05) is 44.0 Å². The second kappa shape index (κ2) is 12.7. The lowest BCUT2D eigenvalue weighted by atomic mass is 10.0. The molecule has 1 aromatic rings. The van der Waals surface area contributed by atoms with E-state index in [9.17, 15) is 24.3 Å². The highest BCUT2D eigenvalue weighted by molar-refractivity contribution is 6.01. The molecule has 4 unspecified atom stereocenters. The summed E-state index contributed by atoms with van der Waals surface area (Å²) in [6, 6.07) is 5.51. The standard InChI is InChI=1S/C30H45N5O5/c1-19(2)16-23(31-28(38)21-6-8-22(9-7-21)33-14-12-32(5)13-15-33)29(39)34-11-10-24-27(34)26(37)18-35(24)30(40)25(36)17-20(3)4/h6-9,19-20,23-25,27,36H,10-18H2,1-5H3,(H,31,38). The number of likely N-dealkylation sites (tertiary alicyclic amines) is 2. The normalized spacial score (nSPS) is 23.1. The van der Waals surface area contributed by atoms with Crippen LogP contribution in [0.1, 0.15) is 57.3 Å². The third-order valence-electron chi connectivity index (χ3n) is 8.28. The van der Waals surface area contributed by atoms with Crippen LogP contribution in [0.25, 0.3) is 0 Å². The van der Waals surface area contributed by atoms with Crippen LogP contribution in [0.2, 0.25) is 0 Å². The monoisotopic (exact) mass is 555 g/mol. The largest absolute Gasteiger partial charge is 0.383 e. The van der Waals surface area contributed by atoms with Crippen LogP contribution in [0.3, 0.4) is 0 Å². The van der Waals surface area contributed by atoms with Crippen LogP contribution in [-0.2, 0) is 14.4 Å². The summed E-state index contributed by atoms with van der Waals surface area (Å²) in [6.07, 6.45) is 0.0645.